The van der Waals surface area contributed by atoms with Gasteiger partial charge in [0.15, 0.2) is 0 Å². The average molecular weight is 371 g/mol. The number of halogens is 2. The van der Waals surface area contributed by atoms with E-state index in [1.165, 1.54) is 18.2 Å². The Morgan fingerprint density at radius 3 is 2.80 bits per heavy atom. The van der Waals surface area contributed by atoms with Gasteiger partial charge in [-0.3, -0.25) is 4.79 Å². The maximum absolute atomic E-state index is 13.2. The Kier molecular flexibility index (Phi) is 5.94. The zero-order valence-corrected chi connectivity index (χ0v) is 15.0. The molecule has 0 unspecified atom stereocenters. The average Bonchev–Trinajstić information content (AvgIpc) is 2.97. The van der Waals surface area contributed by atoms with Crippen LogP contribution in [0.1, 0.15) is 18.4 Å². The van der Waals surface area contributed by atoms with Crippen molar-refractivity contribution < 1.29 is 19.0 Å². The van der Waals surface area contributed by atoms with E-state index in [1.807, 2.05) is 0 Å². The smallest absolute Gasteiger partial charge is 0.227 e. The zero-order chi connectivity index (χ0) is 17.9. The lowest BCUT2D eigenvalue weighted by Gasteiger charge is -2.34. The predicted octanol–water partition coefficient (Wildman–Crippen LogP) is 1.71. The number of β-amino-alcohol motifs (C(OH)–C–C–N with tert-alkyl or cyclic N) is 1. The summed E-state index contributed by atoms with van der Waals surface area (Å²) in [6.45, 7) is 3.74. The largest absolute Gasteiger partial charge is 0.384 e. The number of hydrogen-bond donors (Lipinski definition) is 1. The number of carbonyl (C=O) groups is 1. The van der Waals surface area contributed by atoms with Crippen LogP contribution in [0.2, 0.25) is 5.02 Å². The molecule has 0 aromatic heterocycles. The van der Waals surface area contributed by atoms with Crippen molar-refractivity contribution in [1.82, 2.24) is 9.80 Å². The van der Waals surface area contributed by atoms with Crippen molar-refractivity contribution in [2.24, 2.45) is 0 Å². The van der Waals surface area contributed by atoms with E-state index in [0.29, 0.717) is 25.3 Å². The highest BCUT2D eigenvalue weighted by atomic mass is 35.5. The second-order valence-electron chi connectivity index (χ2n) is 6.99. The number of carbonyl (C=O) groups excluding carboxylic acids is 1. The minimum absolute atomic E-state index is 0.0822. The lowest BCUT2D eigenvalue weighted by molar-refractivity contribution is -0.133. The third-order valence-corrected chi connectivity index (χ3v) is 5.14. The highest BCUT2D eigenvalue weighted by Gasteiger charge is 2.36. The van der Waals surface area contributed by atoms with Crippen molar-refractivity contribution in [1.29, 1.82) is 0 Å². The number of rotatable bonds is 4. The monoisotopic (exact) mass is 370 g/mol. The fraction of sp³-hybridized carbons (Fsp3) is 0.611. The molecule has 2 saturated heterocycles. The molecule has 0 spiro atoms. The lowest BCUT2D eigenvalue weighted by Crippen LogP contribution is -2.53. The van der Waals surface area contributed by atoms with E-state index in [9.17, 15) is 14.3 Å². The molecular formula is C18H24ClFN2O3. The van der Waals surface area contributed by atoms with E-state index in [2.05, 4.69) is 4.90 Å². The van der Waals surface area contributed by atoms with Gasteiger partial charge in [-0.05, 0) is 43.6 Å². The van der Waals surface area contributed by atoms with Crippen LogP contribution in [0.4, 0.5) is 4.39 Å². The number of hydrogen-bond acceptors (Lipinski definition) is 4. The fourth-order valence-electron chi connectivity index (χ4n) is 3.52. The molecule has 1 aromatic carbocycles. The van der Waals surface area contributed by atoms with Gasteiger partial charge in [0.05, 0.1) is 26.2 Å². The van der Waals surface area contributed by atoms with Crippen molar-refractivity contribution >= 4 is 17.5 Å². The summed E-state index contributed by atoms with van der Waals surface area (Å²) in [6, 6.07) is 4.03. The molecular weight excluding hydrogens is 347 g/mol. The summed E-state index contributed by atoms with van der Waals surface area (Å²) in [5, 5.41) is 11.2. The molecule has 2 fully saturated rings. The van der Waals surface area contributed by atoms with E-state index in [-0.39, 0.29) is 30.5 Å². The molecule has 2 heterocycles. The lowest BCUT2D eigenvalue weighted by atomic mass is 10.0. The van der Waals surface area contributed by atoms with Crippen LogP contribution in [0.3, 0.4) is 0 Å². The van der Waals surface area contributed by atoms with Gasteiger partial charge in [-0.2, -0.15) is 0 Å². The van der Waals surface area contributed by atoms with Crippen molar-refractivity contribution in [2.45, 2.75) is 24.9 Å². The molecule has 0 bridgehead atoms. The molecule has 0 radical (unpaired) electrons. The first-order valence-corrected chi connectivity index (χ1v) is 9.07. The maximum Gasteiger partial charge on any atom is 0.227 e. The summed E-state index contributed by atoms with van der Waals surface area (Å²) >= 11 is 6.02. The van der Waals surface area contributed by atoms with E-state index >= 15 is 0 Å². The fourth-order valence-corrected chi connectivity index (χ4v) is 3.76. The second kappa shape index (κ2) is 7.99. The third-order valence-electron chi connectivity index (χ3n) is 4.79. The van der Waals surface area contributed by atoms with Crippen LogP contribution in [0.5, 0.6) is 0 Å². The van der Waals surface area contributed by atoms with Crippen LogP contribution in [0.15, 0.2) is 18.2 Å². The topological polar surface area (TPSA) is 53.0 Å². The molecule has 3 rings (SSSR count). The Morgan fingerprint density at radius 1 is 1.32 bits per heavy atom. The molecule has 1 N–H and O–H groups in total. The quantitative estimate of drug-likeness (QED) is 0.876. The van der Waals surface area contributed by atoms with Gasteiger partial charge in [0.1, 0.15) is 11.4 Å². The molecule has 2 aliphatic rings. The van der Waals surface area contributed by atoms with Crippen LogP contribution in [0.25, 0.3) is 0 Å². The van der Waals surface area contributed by atoms with Crippen LogP contribution in [0, 0.1) is 5.82 Å². The summed E-state index contributed by atoms with van der Waals surface area (Å²) < 4.78 is 18.7. The summed E-state index contributed by atoms with van der Waals surface area (Å²) in [7, 11) is 0. The molecule has 1 aromatic rings. The number of likely N-dealkylation sites (tertiary alicyclic amines) is 1. The van der Waals surface area contributed by atoms with Gasteiger partial charge in [-0.15, -0.1) is 0 Å². The molecule has 5 nitrogen and oxygen atoms in total. The minimum Gasteiger partial charge on any atom is -0.384 e. The summed E-state index contributed by atoms with van der Waals surface area (Å²) in [4.78, 5) is 16.5. The van der Waals surface area contributed by atoms with Gasteiger partial charge >= 0.3 is 0 Å². The number of nitrogens with zero attached hydrogens (tertiary/aromatic N) is 2. The van der Waals surface area contributed by atoms with Crippen molar-refractivity contribution in [2.75, 3.05) is 45.9 Å². The van der Waals surface area contributed by atoms with Crippen molar-refractivity contribution in [3.05, 3.63) is 34.6 Å². The maximum atomic E-state index is 13.2. The highest BCUT2D eigenvalue weighted by molar-refractivity contribution is 6.31. The van der Waals surface area contributed by atoms with E-state index < -0.39 is 11.4 Å². The van der Waals surface area contributed by atoms with Gasteiger partial charge in [-0.1, -0.05) is 17.7 Å². The van der Waals surface area contributed by atoms with E-state index in [1.54, 1.807) is 4.90 Å². The number of aliphatic hydroxyl groups is 1. The molecule has 7 heteroatoms. The Bertz CT molecular complexity index is 624. The predicted molar refractivity (Wildman–Crippen MR) is 93.1 cm³/mol. The normalized spacial score (nSPS) is 25.2. The minimum atomic E-state index is -1.07. The molecule has 1 atom stereocenters. The SMILES string of the molecule is O=C(Cc1ccc(F)cc1Cl)N1CCOC[C@](O)(CN2CCCC2)C1. The second-order valence-corrected chi connectivity index (χ2v) is 7.40. The van der Waals surface area contributed by atoms with Crippen LogP contribution >= 0.6 is 11.6 Å². The van der Waals surface area contributed by atoms with Crippen LogP contribution in [-0.2, 0) is 16.0 Å². The first-order valence-electron chi connectivity index (χ1n) is 8.69. The molecule has 2 aliphatic heterocycles. The van der Waals surface area contributed by atoms with E-state index in [4.69, 9.17) is 16.3 Å². The molecule has 1 amide bonds. The Hall–Kier alpha value is -1.21. The van der Waals surface area contributed by atoms with Crippen LogP contribution < -0.4 is 0 Å². The van der Waals surface area contributed by atoms with Gasteiger partial charge in [0.25, 0.3) is 0 Å². The Balaban J connectivity index is 1.66. The zero-order valence-electron chi connectivity index (χ0n) is 14.2. The van der Waals surface area contributed by atoms with Crippen molar-refractivity contribution in [3.63, 3.8) is 0 Å². The van der Waals surface area contributed by atoms with E-state index in [0.717, 1.165) is 25.9 Å². The molecule has 0 saturated carbocycles. The standard InChI is InChI=1S/C18H24ClFN2O3/c19-16-10-15(20)4-3-14(16)9-17(23)22-7-8-25-13-18(24,12-22)11-21-5-1-2-6-21/h3-4,10,24H,1-2,5-9,11-13H2/t18-/m0/s1. The van der Waals surface area contributed by atoms with Crippen molar-refractivity contribution in [3.8, 4) is 0 Å². The molecule has 25 heavy (non-hydrogen) atoms. The van der Waals surface area contributed by atoms with Crippen LogP contribution in [-0.4, -0.2) is 72.4 Å². The Morgan fingerprint density at radius 2 is 2.08 bits per heavy atom. The third kappa shape index (κ3) is 4.91. The summed E-state index contributed by atoms with van der Waals surface area (Å²) in [6.07, 6.45) is 2.37. The van der Waals surface area contributed by atoms with Gasteiger partial charge in [-0.25, -0.2) is 4.39 Å². The van der Waals surface area contributed by atoms with Gasteiger partial charge in [0.2, 0.25) is 5.91 Å². The Labute approximate surface area is 152 Å². The van der Waals surface area contributed by atoms with Gasteiger partial charge < -0.3 is 19.6 Å². The molecule has 0 aliphatic carbocycles. The summed E-state index contributed by atoms with van der Waals surface area (Å²) in [5.74, 6) is -0.566. The highest BCUT2D eigenvalue weighted by Crippen LogP contribution is 2.21. The number of amides is 1. The number of benzene rings is 1. The summed E-state index contributed by atoms with van der Waals surface area (Å²) in [5.41, 5.74) is -0.482. The number of ether oxygens (including phenoxy) is 1. The van der Waals surface area contributed by atoms with Gasteiger partial charge in [0, 0.05) is 18.1 Å². The molecule has 138 valence electrons. The first-order chi connectivity index (χ1) is 12.0. The first kappa shape index (κ1) is 18.6.